The molecule has 0 radical (unpaired) electrons. The van der Waals surface area contributed by atoms with Gasteiger partial charge in [0.25, 0.3) is 0 Å². The van der Waals surface area contributed by atoms with Gasteiger partial charge in [0.1, 0.15) is 19.3 Å². The molecular weight excluding hydrogens is 1260 g/mol. The SMILES string of the molecule is CC/C=C\C/C=C\C/C=C\C/C=C\C/C=C\CC(=O)OCC(COP(=O)(O)OCC(O)COP(=O)(O)OCC(COC(=O)CCCCCCCCCCCCCCCCC)OC(=O)CCCCCCC/C=C\CCCCCC)OC(=O)CCCCCCCCCCCCCCC. The Hall–Kier alpha value is -3.50. The van der Waals surface area contributed by atoms with Crippen LogP contribution in [0, 0.1) is 0 Å². The van der Waals surface area contributed by atoms with Crippen LogP contribution >= 0.6 is 15.6 Å². The van der Waals surface area contributed by atoms with Crippen molar-refractivity contribution in [3.63, 3.8) is 0 Å². The van der Waals surface area contributed by atoms with Crippen molar-refractivity contribution in [1.82, 2.24) is 0 Å². The van der Waals surface area contributed by atoms with Crippen LogP contribution in [-0.2, 0) is 65.4 Å². The molecule has 0 aliphatic rings. The lowest BCUT2D eigenvalue weighted by molar-refractivity contribution is -0.161. The average molecular weight is 1400 g/mol. The maximum Gasteiger partial charge on any atom is 0.472 e. The third-order valence-corrected chi connectivity index (χ3v) is 18.1. The molecule has 17 nitrogen and oxygen atoms in total. The fourth-order valence-electron chi connectivity index (χ4n) is 10.4. The Morgan fingerprint density at radius 1 is 0.312 bits per heavy atom. The smallest absolute Gasteiger partial charge is 0.462 e. The molecule has 96 heavy (non-hydrogen) atoms. The van der Waals surface area contributed by atoms with Crippen molar-refractivity contribution < 1.29 is 80.2 Å². The maximum atomic E-state index is 13.1. The van der Waals surface area contributed by atoms with Crippen LogP contribution in [0.25, 0.3) is 0 Å². The fourth-order valence-corrected chi connectivity index (χ4v) is 12.0. The molecule has 0 aromatic carbocycles. The summed E-state index contributed by atoms with van der Waals surface area (Å²) >= 11 is 0. The number of hydrogen-bond donors (Lipinski definition) is 3. The van der Waals surface area contributed by atoms with Crippen LogP contribution in [0.5, 0.6) is 0 Å². The first-order chi connectivity index (χ1) is 46.7. The van der Waals surface area contributed by atoms with Crippen LogP contribution in [-0.4, -0.2) is 96.7 Å². The monoisotopic (exact) mass is 1400 g/mol. The van der Waals surface area contributed by atoms with Crippen molar-refractivity contribution in [3.05, 3.63) is 72.9 Å². The summed E-state index contributed by atoms with van der Waals surface area (Å²) in [4.78, 5) is 72.7. The summed E-state index contributed by atoms with van der Waals surface area (Å²) in [6.45, 7) is 4.67. The quantitative estimate of drug-likeness (QED) is 0.0169. The highest BCUT2D eigenvalue weighted by Gasteiger charge is 2.30. The number of ether oxygens (including phenoxy) is 4. The van der Waals surface area contributed by atoms with Crippen molar-refractivity contribution in [2.24, 2.45) is 0 Å². The molecule has 0 fully saturated rings. The van der Waals surface area contributed by atoms with Gasteiger partial charge in [-0.3, -0.25) is 37.3 Å². The molecular formula is C77H138O17P2. The van der Waals surface area contributed by atoms with Gasteiger partial charge in [0.05, 0.1) is 32.8 Å². The first-order valence-corrected chi connectivity index (χ1v) is 41.2. The fraction of sp³-hybridized carbons (Fsp3) is 0.792. The van der Waals surface area contributed by atoms with Gasteiger partial charge in [0.15, 0.2) is 12.2 Å². The van der Waals surface area contributed by atoms with Crippen molar-refractivity contribution in [3.8, 4) is 0 Å². The van der Waals surface area contributed by atoms with Gasteiger partial charge < -0.3 is 33.8 Å². The van der Waals surface area contributed by atoms with Crippen LogP contribution in [0.2, 0.25) is 0 Å². The van der Waals surface area contributed by atoms with E-state index < -0.39 is 97.5 Å². The molecule has 0 spiro atoms. The van der Waals surface area contributed by atoms with Gasteiger partial charge in [-0.2, -0.15) is 0 Å². The van der Waals surface area contributed by atoms with E-state index in [0.29, 0.717) is 25.7 Å². The largest absolute Gasteiger partial charge is 0.472 e. The number of allylic oxidation sites excluding steroid dienone is 11. The molecule has 0 aliphatic carbocycles. The molecule has 0 saturated heterocycles. The Labute approximate surface area is 583 Å². The summed E-state index contributed by atoms with van der Waals surface area (Å²) in [6, 6.07) is 0. The summed E-state index contributed by atoms with van der Waals surface area (Å²) in [6.07, 6.45) is 69.2. The van der Waals surface area contributed by atoms with Crippen molar-refractivity contribution in [2.45, 2.75) is 354 Å². The molecule has 0 saturated carbocycles. The van der Waals surface area contributed by atoms with E-state index in [9.17, 15) is 43.2 Å². The summed E-state index contributed by atoms with van der Waals surface area (Å²) in [7, 11) is -9.96. The Bertz CT molecular complexity index is 2110. The second-order valence-electron chi connectivity index (χ2n) is 25.6. The Kier molecular flexibility index (Phi) is 67.4. The van der Waals surface area contributed by atoms with Gasteiger partial charge in [-0.05, 0) is 77.0 Å². The number of aliphatic hydroxyl groups is 1. The van der Waals surface area contributed by atoms with E-state index in [4.69, 9.17) is 37.0 Å². The molecule has 0 amide bonds. The highest BCUT2D eigenvalue weighted by Crippen LogP contribution is 2.45. The third kappa shape index (κ3) is 69.0. The second-order valence-corrected chi connectivity index (χ2v) is 28.5. The van der Waals surface area contributed by atoms with E-state index >= 15 is 0 Å². The van der Waals surface area contributed by atoms with E-state index in [-0.39, 0.29) is 25.7 Å². The van der Waals surface area contributed by atoms with Crippen LogP contribution in [0.15, 0.2) is 72.9 Å². The zero-order valence-electron chi connectivity index (χ0n) is 60.8. The normalized spacial score (nSPS) is 14.4. The minimum absolute atomic E-state index is 0.0668. The molecule has 0 heterocycles. The zero-order chi connectivity index (χ0) is 70.4. The van der Waals surface area contributed by atoms with E-state index in [1.54, 1.807) is 6.08 Å². The van der Waals surface area contributed by atoms with Gasteiger partial charge >= 0.3 is 39.5 Å². The number of phosphoric acid groups is 2. The lowest BCUT2D eigenvalue weighted by Gasteiger charge is -2.21. The summed E-state index contributed by atoms with van der Waals surface area (Å²) < 4.78 is 68.3. The molecule has 0 aromatic heterocycles. The molecule has 0 rings (SSSR count). The number of phosphoric ester groups is 2. The topological polar surface area (TPSA) is 237 Å². The predicted octanol–water partition coefficient (Wildman–Crippen LogP) is 21.7. The summed E-state index contributed by atoms with van der Waals surface area (Å²) in [5.41, 5.74) is 0. The summed E-state index contributed by atoms with van der Waals surface area (Å²) in [5.74, 6) is -2.30. The van der Waals surface area contributed by atoms with E-state index in [2.05, 4.69) is 76.3 Å². The molecule has 558 valence electrons. The minimum atomic E-state index is -4.98. The van der Waals surface area contributed by atoms with Gasteiger partial charge in [0, 0.05) is 19.3 Å². The van der Waals surface area contributed by atoms with Crippen LogP contribution in [0.3, 0.4) is 0 Å². The average Bonchev–Trinajstić information content (AvgIpc) is 1.14. The van der Waals surface area contributed by atoms with E-state index in [0.717, 1.165) is 109 Å². The highest BCUT2D eigenvalue weighted by atomic mass is 31.2. The highest BCUT2D eigenvalue weighted by molar-refractivity contribution is 7.47. The van der Waals surface area contributed by atoms with E-state index in [1.165, 1.54) is 148 Å². The first kappa shape index (κ1) is 92.5. The van der Waals surface area contributed by atoms with Crippen molar-refractivity contribution in [1.29, 1.82) is 0 Å². The Morgan fingerprint density at radius 2 is 0.583 bits per heavy atom. The predicted molar refractivity (Wildman–Crippen MR) is 390 cm³/mol. The first-order valence-electron chi connectivity index (χ1n) is 38.2. The number of hydrogen-bond acceptors (Lipinski definition) is 15. The lowest BCUT2D eigenvalue weighted by Crippen LogP contribution is -2.30. The molecule has 0 aliphatic heterocycles. The van der Waals surface area contributed by atoms with Gasteiger partial charge in [0.2, 0.25) is 0 Å². The third-order valence-electron chi connectivity index (χ3n) is 16.2. The maximum absolute atomic E-state index is 13.1. The second kappa shape index (κ2) is 70.0. The summed E-state index contributed by atoms with van der Waals surface area (Å²) in [5, 5.41) is 10.6. The number of rotatable bonds is 72. The standard InChI is InChI=1S/C77H138O17P2/c1-5-9-13-17-21-25-29-33-35-39-41-45-49-53-57-61-74(79)87-67-72(93-76(81)63-59-55-51-47-43-37-31-27-23-19-15-11-7-3)69-91-95(83,84)89-65-71(78)66-90-96(85,86)92-70-73(94-77(82)64-60-56-52-48-44-38-32-28-24-20-16-12-8-4)68-88-75(80)62-58-54-50-46-42-40-36-34-30-26-22-18-14-10-6-2/h9,13,21,25,28,32-33,35,41,45,53,57,71-73,78H,5-8,10-12,14-20,22-24,26-27,29-31,34,36-40,42-44,46-52,54-56,58-70H2,1-4H3,(H,83,84)(H,85,86)/b13-9-,25-21-,32-28-,35-33-,45-41-,57-53-. The Balaban J connectivity index is 5.37. The van der Waals surface area contributed by atoms with Gasteiger partial charge in [-0.25, -0.2) is 9.13 Å². The number of carbonyl (C=O) groups is 4. The van der Waals surface area contributed by atoms with Crippen LogP contribution < -0.4 is 0 Å². The molecule has 3 N–H and O–H groups in total. The number of esters is 4. The number of unbranched alkanes of at least 4 members (excludes halogenated alkanes) is 35. The molecule has 5 atom stereocenters. The van der Waals surface area contributed by atoms with Crippen LogP contribution in [0.4, 0.5) is 0 Å². The molecule has 0 bridgehead atoms. The zero-order valence-corrected chi connectivity index (χ0v) is 62.6. The molecule has 0 aromatic rings. The molecule has 5 unspecified atom stereocenters. The van der Waals surface area contributed by atoms with Gasteiger partial charge in [-0.15, -0.1) is 0 Å². The van der Waals surface area contributed by atoms with Crippen molar-refractivity contribution >= 4 is 39.5 Å². The van der Waals surface area contributed by atoms with Crippen molar-refractivity contribution in [2.75, 3.05) is 39.6 Å². The number of aliphatic hydroxyl groups excluding tert-OH is 1. The van der Waals surface area contributed by atoms with Gasteiger partial charge in [-0.1, -0.05) is 306 Å². The minimum Gasteiger partial charge on any atom is -0.462 e. The van der Waals surface area contributed by atoms with E-state index in [1.807, 2.05) is 18.2 Å². The number of carbonyl (C=O) groups excluding carboxylic acids is 4. The Morgan fingerprint density at radius 3 is 0.927 bits per heavy atom. The molecule has 19 heteroatoms. The van der Waals surface area contributed by atoms with Crippen LogP contribution in [0.1, 0.15) is 336 Å². The lowest BCUT2D eigenvalue weighted by atomic mass is 10.0.